The highest BCUT2D eigenvalue weighted by atomic mass is 79.9. The van der Waals surface area contributed by atoms with E-state index in [1.54, 1.807) is 0 Å². The van der Waals surface area contributed by atoms with Crippen LogP contribution >= 0.6 is 31.9 Å². The summed E-state index contributed by atoms with van der Waals surface area (Å²) in [5.41, 5.74) is 0. The minimum absolute atomic E-state index is 0.186. The normalized spacial score (nSPS) is 8.80. The van der Waals surface area contributed by atoms with Crippen molar-refractivity contribution >= 4 is 43.6 Å². The molecule has 2 N–H and O–H groups in total. The molecule has 1 rings (SSSR count). The molecule has 0 unspecified atom stereocenters. The molecule has 7 heteroatoms. The summed E-state index contributed by atoms with van der Waals surface area (Å²) in [6, 6.07) is 0. The van der Waals surface area contributed by atoms with Gasteiger partial charge < -0.3 is 10.4 Å². The van der Waals surface area contributed by atoms with Crippen molar-refractivity contribution in [2.75, 3.05) is 11.9 Å². The van der Waals surface area contributed by atoms with Crippen LogP contribution in [0.25, 0.3) is 0 Å². The molecule has 0 fully saturated rings. The van der Waals surface area contributed by atoms with Crippen LogP contribution in [-0.2, 0) is 4.79 Å². The van der Waals surface area contributed by atoms with Gasteiger partial charge in [0.25, 0.3) is 0 Å². The van der Waals surface area contributed by atoms with Crippen molar-refractivity contribution in [1.82, 2.24) is 9.97 Å². The average Bonchev–Trinajstić information content (AvgIpc) is 2.19. The van der Waals surface area contributed by atoms with Crippen LogP contribution in [0.4, 0.5) is 5.82 Å². The fraction of sp³-hybridized carbons (Fsp3) is 0.375. The number of hydrogen-bond acceptors (Lipinski definition) is 4. The van der Waals surface area contributed by atoms with Gasteiger partial charge in [-0.2, -0.15) is 0 Å². The van der Waals surface area contributed by atoms with Crippen molar-refractivity contribution < 1.29 is 9.90 Å². The fourth-order valence-corrected chi connectivity index (χ4v) is 1.58. The van der Waals surface area contributed by atoms with Crippen LogP contribution < -0.4 is 5.32 Å². The van der Waals surface area contributed by atoms with Gasteiger partial charge in [0.1, 0.15) is 15.8 Å². The molecule has 84 valence electrons. The largest absolute Gasteiger partial charge is 0.480 e. The zero-order valence-electron chi connectivity index (χ0n) is 8.29. The Bertz CT molecular complexity index is 334. The van der Waals surface area contributed by atoms with Gasteiger partial charge in [0.2, 0.25) is 0 Å². The minimum Gasteiger partial charge on any atom is -0.480 e. The molecule has 0 radical (unpaired) electrons. The Morgan fingerprint density at radius 1 is 1.53 bits per heavy atom. The topological polar surface area (TPSA) is 75.1 Å². The molecule has 15 heavy (non-hydrogen) atoms. The van der Waals surface area contributed by atoms with E-state index in [1.807, 2.05) is 13.8 Å². The van der Waals surface area contributed by atoms with Gasteiger partial charge >= 0.3 is 5.97 Å². The van der Waals surface area contributed by atoms with Gasteiger partial charge in [-0.15, -0.1) is 0 Å². The summed E-state index contributed by atoms with van der Waals surface area (Å²) in [4.78, 5) is 18.1. The number of carboxylic acids is 1. The van der Waals surface area contributed by atoms with E-state index >= 15 is 0 Å². The number of carbonyl (C=O) groups is 1. The second kappa shape index (κ2) is 7.58. The van der Waals surface area contributed by atoms with E-state index in [2.05, 4.69) is 47.1 Å². The Morgan fingerprint density at radius 2 is 2.13 bits per heavy atom. The lowest BCUT2D eigenvalue weighted by molar-refractivity contribution is -0.134. The standard InChI is InChI=1S/C6H5Br2N3O2.C2H6/c7-3-1-9-6(5(8)11-3)10-2-4(12)13;1-2/h1H,2H2,(H,9,10)(H,12,13);1-2H3. The summed E-state index contributed by atoms with van der Waals surface area (Å²) >= 11 is 6.27. The predicted octanol–water partition coefficient (Wildman–Crippen LogP) is 2.52. The highest BCUT2D eigenvalue weighted by molar-refractivity contribution is 9.11. The zero-order valence-corrected chi connectivity index (χ0v) is 11.5. The van der Waals surface area contributed by atoms with Gasteiger partial charge in [0.15, 0.2) is 5.82 Å². The van der Waals surface area contributed by atoms with Crippen molar-refractivity contribution in [1.29, 1.82) is 0 Å². The molecule has 1 aromatic heterocycles. The van der Waals surface area contributed by atoms with E-state index in [1.165, 1.54) is 6.20 Å². The average molecular weight is 341 g/mol. The maximum Gasteiger partial charge on any atom is 0.322 e. The lowest BCUT2D eigenvalue weighted by Gasteiger charge is -2.03. The van der Waals surface area contributed by atoms with Gasteiger partial charge in [-0.3, -0.25) is 4.79 Å². The van der Waals surface area contributed by atoms with E-state index in [9.17, 15) is 4.79 Å². The number of anilines is 1. The number of nitrogens with one attached hydrogen (secondary N) is 1. The second-order valence-electron chi connectivity index (χ2n) is 2.08. The van der Waals surface area contributed by atoms with E-state index in [-0.39, 0.29) is 6.54 Å². The third-order valence-electron chi connectivity index (χ3n) is 1.11. The third-order valence-corrected chi connectivity index (χ3v) is 2.04. The van der Waals surface area contributed by atoms with Crippen LogP contribution in [0.2, 0.25) is 0 Å². The van der Waals surface area contributed by atoms with Crippen LogP contribution in [0.15, 0.2) is 15.4 Å². The first-order valence-corrected chi connectivity index (χ1v) is 5.82. The number of aromatic nitrogens is 2. The summed E-state index contributed by atoms with van der Waals surface area (Å²) in [5, 5.41) is 11.0. The Labute approximate surface area is 105 Å². The van der Waals surface area contributed by atoms with Gasteiger partial charge in [-0.05, 0) is 31.9 Å². The van der Waals surface area contributed by atoms with E-state index < -0.39 is 5.97 Å². The highest BCUT2D eigenvalue weighted by Crippen LogP contribution is 2.18. The molecule has 1 aromatic rings. The van der Waals surface area contributed by atoms with Gasteiger partial charge in [-0.1, -0.05) is 13.8 Å². The predicted molar refractivity (Wildman–Crippen MR) is 64.9 cm³/mol. The van der Waals surface area contributed by atoms with E-state index in [0.29, 0.717) is 15.0 Å². The SMILES string of the molecule is CC.O=C(O)CNc1ncc(Br)nc1Br. The molecule has 0 bridgehead atoms. The van der Waals surface area contributed by atoms with Crippen LogP contribution in [0.1, 0.15) is 13.8 Å². The van der Waals surface area contributed by atoms with E-state index in [0.717, 1.165) is 0 Å². The molecular weight excluding hydrogens is 330 g/mol. The van der Waals surface area contributed by atoms with Crippen LogP contribution in [-0.4, -0.2) is 27.6 Å². The lowest BCUT2D eigenvalue weighted by atomic mass is 10.6. The second-order valence-corrected chi connectivity index (χ2v) is 3.64. The summed E-state index contributed by atoms with van der Waals surface area (Å²) in [6.07, 6.45) is 1.48. The summed E-state index contributed by atoms with van der Waals surface area (Å²) in [7, 11) is 0. The van der Waals surface area contributed by atoms with Crippen molar-refractivity contribution in [3.8, 4) is 0 Å². The number of aliphatic carboxylic acids is 1. The molecule has 0 aromatic carbocycles. The maximum atomic E-state index is 10.2. The molecule has 0 atom stereocenters. The monoisotopic (exact) mass is 339 g/mol. The summed E-state index contributed by atoms with van der Waals surface area (Å²) in [6.45, 7) is 3.81. The fourth-order valence-electron chi connectivity index (χ4n) is 0.625. The van der Waals surface area contributed by atoms with Gasteiger partial charge in [-0.25, -0.2) is 9.97 Å². The molecule has 0 aliphatic rings. The number of carboxylic acid groups (broad SMARTS) is 1. The minimum atomic E-state index is -0.948. The van der Waals surface area contributed by atoms with Crippen LogP contribution in [0.3, 0.4) is 0 Å². The zero-order chi connectivity index (χ0) is 11.8. The van der Waals surface area contributed by atoms with Crippen LogP contribution in [0.5, 0.6) is 0 Å². The Morgan fingerprint density at radius 3 is 2.60 bits per heavy atom. The Kier molecular flexibility index (Phi) is 7.23. The van der Waals surface area contributed by atoms with Crippen molar-refractivity contribution in [2.45, 2.75) is 13.8 Å². The molecular formula is C8H11Br2N3O2. The highest BCUT2D eigenvalue weighted by Gasteiger charge is 2.04. The Hall–Kier alpha value is -0.690. The summed E-state index contributed by atoms with van der Waals surface area (Å²) in [5.74, 6) is -0.540. The molecule has 0 amide bonds. The molecule has 1 heterocycles. The van der Waals surface area contributed by atoms with Crippen molar-refractivity contribution in [2.24, 2.45) is 0 Å². The molecule has 0 saturated carbocycles. The first kappa shape index (κ1) is 14.3. The molecule has 5 nitrogen and oxygen atoms in total. The first-order valence-electron chi connectivity index (χ1n) is 4.23. The molecule has 0 spiro atoms. The lowest BCUT2D eigenvalue weighted by Crippen LogP contribution is -2.13. The maximum absolute atomic E-state index is 10.2. The first-order chi connectivity index (χ1) is 7.09. The number of hydrogen-bond donors (Lipinski definition) is 2. The Balaban J connectivity index is 0.000000921. The third kappa shape index (κ3) is 5.68. The quantitative estimate of drug-likeness (QED) is 0.884. The number of rotatable bonds is 3. The number of nitrogens with zero attached hydrogens (tertiary/aromatic N) is 2. The van der Waals surface area contributed by atoms with Crippen LogP contribution in [0, 0.1) is 0 Å². The molecule has 0 aliphatic heterocycles. The smallest absolute Gasteiger partial charge is 0.322 e. The summed E-state index contributed by atoms with van der Waals surface area (Å²) < 4.78 is 1.06. The molecule has 0 saturated heterocycles. The van der Waals surface area contributed by atoms with Crippen molar-refractivity contribution in [3.63, 3.8) is 0 Å². The van der Waals surface area contributed by atoms with Gasteiger partial charge in [0.05, 0.1) is 6.20 Å². The van der Waals surface area contributed by atoms with E-state index in [4.69, 9.17) is 5.11 Å². The number of halogens is 2. The van der Waals surface area contributed by atoms with Crippen molar-refractivity contribution in [3.05, 3.63) is 15.4 Å². The molecule has 0 aliphatic carbocycles. The van der Waals surface area contributed by atoms with Gasteiger partial charge in [0, 0.05) is 0 Å².